The van der Waals surface area contributed by atoms with Crippen LogP contribution in [0.4, 0.5) is 4.39 Å². The van der Waals surface area contributed by atoms with Gasteiger partial charge < -0.3 is 9.64 Å². The van der Waals surface area contributed by atoms with Crippen LogP contribution in [0.1, 0.15) is 15.9 Å². The molecule has 0 bridgehead atoms. The minimum absolute atomic E-state index is 0.215. The summed E-state index contributed by atoms with van der Waals surface area (Å²) < 4.78 is 19.4. The molecule has 0 aliphatic heterocycles. The third-order valence-corrected chi connectivity index (χ3v) is 3.88. The second-order valence-electron chi connectivity index (χ2n) is 4.60. The van der Waals surface area contributed by atoms with Crippen LogP contribution < -0.4 is 4.74 Å². The first-order valence-corrected chi connectivity index (χ1v) is 7.14. The topological polar surface area (TPSA) is 29.5 Å². The van der Waals surface area contributed by atoms with E-state index in [0.717, 1.165) is 10.0 Å². The van der Waals surface area contributed by atoms with E-state index in [4.69, 9.17) is 4.74 Å². The Balaban J connectivity index is 2.24. The Bertz CT molecular complexity index is 660. The predicted octanol–water partition coefficient (Wildman–Crippen LogP) is 3.87. The van der Waals surface area contributed by atoms with E-state index in [-0.39, 0.29) is 11.5 Å². The predicted molar refractivity (Wildman–Crippen MR) is 82.9 cm³/mol. The summed E-state index contributed by atoms with van der Waals surface area (Å²) in [5, 5.41) is 0. The van der Waals surface area contributed by atoms with Crippen LogP contribution in [0, 0.1) is 5.82 Å². The molecule has 0 saturated carbocycles. The number of nitrogens with zero attached hydrogens (tertiary/aromatic N) is 1. The highest BCUT2D eigenvalue weighted by atomic mass is 79.9. The zero-order valence-corrected chi connectivity index (χ0v) is 13.4. The number of halogens is 2. The highest BCUT2D eigenvalue weighted by molar-refractivity contribution is 9.10. The summed E-state index contributed by atoms with van der Waals surface area (Å²) in [5.41, 5.74) is 1.19. The first kappa shape index (κ1) is 15.5. The molecule has 0 aromatic heterocycles. The summed E-state index contributed by atoms with van der Waals surface area (Å²) in [5.74, 6) is -0.393. The number of hydrogen-bond acceptors (Lipinski definition) is 2. The number of amides is 1. The van der Waals surface area contributed by atoms with Gasteiger partial charge in [0.05, 0.1) is 12.7 Å². The summed E-state index contributed by atoms with van der Waals surface area (Å²) in [4.78, 5) is 14.0. The molecule has 0 saturated heterocycles. The summed E-state index contributed by atoms with van der Waals surface area (Å²) in [6.07, 6.45) is 0. The van der Waals surface area contributed by atoms with Crippen LogP contribution in [0.2, 0.25) is 0 Å². The SMILES string of the molecule is COc1ccc(F)cc1C(=O)N(C)Cc1ccccc1Br. The Kier molecular flexibility index (Phi) is 4.96. The van der Waals surface area contributed by atoms with E-state index < -0.39 is 5.82 Å². The first-order valence-electron chi connectivity index (χ1n) is 6.35. The maximum absolute atomic E-state index is 13.4. The summed E-state index contributed by atoms with van der Waals surface area (Å²) in [7, 11) is 3.13. The minimum atomic E-state index is -0.464. The van der Waals surface area contributed by atoms with Crippen LogP contribution >= 0.6 is 15.9 Å². The van der Waals surface area contributed by atoms with Gasteiger partial charge in [-0.25, -0.2) is 4.39 Å². The smallest absolute Gasteiger partial charge is 0.257 e. The Morgan fingerprint density at radius 3 is 2.67 bits per heavy atom. The monoisotopic (exact) mass is 351 g/mol. The van der Waals surface area contributed by atoms with Gasteiger partial charge in [0.1, 0.15) is 11.6 Å². The van der Waals surface area contributed by atoms with Gasteiger partial charge in [-0.15, -0.1) is 0 Å². The highest BCUT2D eigenvalue weighted by Crippen LogP contribution is 2.23. The number of methoxy groups -OCH3 is 1. The molecule has 2 aromatic carbocycles. The van der Waals surface area contributed by atoms with Crippen molar-refractivity contribution in [3.05, 3.63) is 63.9 Å². The fourth-order valence-electron chi connectivity index (χ4n) is 2.01. The van der Waals surface area contributed by atoms with E-state index in [0.29, 0.717) is 12.3 Å². The molecule has 5 heteroatoms. The Hall–Kier alpha value is -1.88. The number of ether oxygens (including phenoxy) is 1. The van der Waals surface area contributed by atoms with Crippen molar-refractivity contribution >= 4 is 21.8 Å². The molecule has 0 aliphatic rings. The second-order valence-corrected chi connectivity index (χ2v) is 5.45. The molecule has 0 atom stereocenters. The largest absolute Gasteiger partial charge is 0.496 e. The number of carbonyl (C=O) groups excluding carboxylic acids is 1. The Morgan fingerprint density at radius 1 is 1.29 bits per heavy atom. The minimum Gasteiger partial charge on any atom is -0.496 e. The lowest BCUT2D eigenvalue weighted by Crippen LogP contribution is -2.26. The standard InChI is InChI=1S/C16H15BrFNO2/c1-19(10-11-5-3-4-6-14(11)17)16(20)13-9-12(18)7-8-15(13)21-2/h3-9H,10H2,1-2H3. The number of benzene rings is 2. The highest BCUT2D eigenvalue weighted by Gasteiger charge is 2.18. The molecule has 0 radical (unpaired) electrons. The van der Waals surface area contributed by atoms with Gasteiger partial charge in [0.2, 0.25) is 0 Å². The zero-order chi connectivity index (χ0) is 15.4. The lowest BCUT2D eigenvalue weighted by atomic mass is 10.1. The fraction of sp³-hybridized carbons (Fsp3) is 0.188. The van der Waals surface area contributed by atoms with Gasteiger partial charge >= 0.3 is 0 Å². The number of rotatable bonds is 4. The van der Waals surface area contributed by atoms with Crippen LogP contribution in [-0.2, 0) is 6.54 Å². The molecule has 110 valence electrons. The van der Waals surface area contributed by atoms with Crippen LogP contribution in [0.5, 0.6) is 5.75 Å². The fourth-order valence-corrected chi connectivity index (χ4v) is 2.42. The summed E-state index contributed by atoms with van der Waals surface area (Å²) in [6.45, 7) is 0.417. The molecule has 0 aliphatic carbocycles. The first-order chi connectivity index (χ1) is 10.0. The molecular weight excluding hydrogens is 337 g/mol. The van der Waals surface area contributed by atoms with Crippen molar-refractivity contribution in [1.82, 2.24) is 4.90 Å². The number of hydrogen-bond donors (Lipinski definition) is 0. The Labute approximate surface area is 131 Å². The quantitative estimate of drug-likeness (QED) is 0.836. The summed E-state index contributed by atoms with van der Waals surface area (Å²) >= 11 is 3.45. The maximum atomic E-state index is 13.4. The van der Waals surface area contributed by atoms with Crippen molar-refractivity contribution in [3.8, 4) is 5.75 Å². The molecule has 0 unspecified atom stereocenters. The third kappa shape index (κ3) is 3.61. The van der Waals surface area contributed by atoms with Crippen molar-refractivity contribution in [2.24, 2.45) is 0 Å². The lowest BCUT2D eigenvalue weighted by molar-refractivity contribution is 0.0781. The van der Waals surface area contributed by atoms with Gasteiger partial charge in [0.15, 0.2) is 0 Å². The molecular formula is C16H15BrFNO2. The van der Waals surface area contributed by atoms with E-state index in [2.05, 4.69) is 15.9 Å². The molecule has 0 heterocycles. The molecule has 0 N–H and O–H groups in total. The molecule has 21 heavy (non-hydrogen) atoms. The van der Waals surface area contributed by atoms with Gasteiger partial charge in [-0.3, -0.25) is 4.79 Å². The number of carbonyl (C=O) groups is 1. The van der Waals surface area contributed by atoms with Crippen LogP contribution in [0.25, 0.3) is 0 Å². The van der Waals surface area contributed by atoms with Gasteiger partial charge in [-0.2, -0.15) is 0 Å². The van der Waals surface area contributed by atoms with Crippen LogP contribution in [-0.4, -0.2) is 25.0 Å². The molecule has 0 fully saturated rings. The van der Waals surface area contributed by atoms with Gasteiger partial charge in [0, 0.05) is 18.1 Å². The second kappa shape index (κ2) is 6.72. The van der Waals surface area contributed by atoms with Gasteiger partial charge in [-0.05, 0) is 29.8 Å². The van der Waals surface area contributed by atoms with Crippen LogP contribution in [0.15, 0.2) is 46.9 Å². The average molecular weight is 352 g/mol. The zero-order valence-electron chi connectivity index (χ0n) is 11.8. The van der Waals surface area contributed by atoms with E-state index in [1.165, 1.54) is 30.2 Å². The molecule has 3 nitrogen and oxygen atoms in total. The molecule has 1 amide bonds. The lowest BCUT2D eigenvalue weighted by Gasteiger charge is -2.19. The van der Waals surface area contributed by atoms with E-state index in [1.807, 2.05) is 24.3 Å². The molecule has 2 aromatic rings. The van der Waals surface area contributed by atoms with Crippen molar-refractivity contribution in [1.29, 1.82) is 0 Å². The molecule has 0 spiro atoms. The maximum Gasteiger partial charge on any atom is 0.257 e. The molecule has 2 rings (SSSR count). The van der Waals surface area contributed by atoms with Crippen molar-refractivity contribution < 1.29 is 13.9 Å². The van der Waals surface area contributed by atoms with E-state index >= 15 is 0 Å². The van der Waals surface area contributed by atoms with Crippen molar-refractivity contribution in [3.63, 3.8) is 0 Å². The normalized spacial score (nSPS) is 10.3. The van der Waals surface area contributed by atoms with Crippen molar-refractivity contribution in [2.45, 2.75) is 6.54 Å². The van der Waals surface area contributed by atoms with Crippen molar-refractivity contribution in [2.75, 3.05) is 14.2 Å². The van der Waals surface area contributed by atoms with E-state index in [1.54, 1.807) is 7.05 Å². The van der Waals surface area contributed by atoms with E-state index in [9.17, 15) is 9.18 Å². The summed E-state index contributed by atoms with van der Waals surface area (Å²) in [6, 6.07) is 11.6. The van der Waals surface area contributed by atoms with Gasteiger partial charge in [0.25, 0.3) is 5.91 Å². The Morgan fingerprint density at radius 2 is 2.00 bits per heavy atom. The average Bonchev–Trinajstić information content (AvgIpc) is 2.48. The van der Waals surface area contributed by atoms with Gasteiger partial charge in [-0.1, -0.05) is 34.1 Å². The third-order valence-electron chi connectivity index (χ3n) is 3.10. The van der Waals surface area contributed by atoms with Crippen LogP contribution in [0.3, 0.4) is 0 Å².